The highest BCUT2D eigenvalue weighted by atomic mass is 32.2. The van der Waals surface area contributed by atoms with Crippen molar-refractivity contribution in [3.8, 4) is 0 Å². The molecule has 0 heterocycles. The summed E-state index contributed by atoms with van der Waals surface area (Å²) in [6, 6.07) is 5.54. The van der Waals surface area contributed by atoms with Gasteiger partial charge in [0.25, 0.3) is 0 Å². The Balaban J connectivity index is 3.20. The summed E-state index contributed by atoms with van der Waals surface area (Å²) in [7, 11) is -2.08. The Kier molecular flexibility index (Phi) is 5.52. The number of likely N-dealkylation sites (N-methyl/N-ethyl adjacent to an activating group) is 1. The standard InChI is InChI=1S/C13H20N2O4S/c1-4-9-14-20(18,19)12-8-6-5-7-11(12)15(3)10(2)13(16)17/h5-8,10,14H,4,9H2,1-3H3,(H,16,17). The SMILES string of the molecule is CCCNS(=O)(=O)c1ccccc1N(C)C(C)C(=O)O. The van der Waals surface area contributed by atoms with E-state index in [4.69, 9.17) is 5.11 Å². The monoisotopic (exact) mass is 300 g/mol. The van der Waals surface area contributed by atoms with E-state index in [9.17, 15) is 13.2 Å². The first kappa shape index (κ1) is 16.5. The van der Waals surface area contributed by atoms with Crippen LogP contribution in [0.15, 0.2) is 29.2 Å². The third-order valence-electron chi connectivity index (χ3n) is 3.02. The van der Waals surface area contributed by atoms with Gasteiger partial charge in [0.15, 0.2) is 0 Å². The first-order chi connectivity index (χ1) is 9.31. The van der Waals surface area contributed by atoms with Gasteiger partial charge in [-0.1, -0.05) is 19.1 Å². The highest BCUT2D eigenvalue weighted by Crippen LogP contribution is 2.25. The maximum atomic E-state index is 12.2. The van der Waals surface area contributed by atoms with E-state index in [0.717, 1.165) is 0 Å². The Labute approximate surface area is 119 Å². The van der Waals surface area contributed by atoms with E-state index in [0.29, 0.717) is 18.7 Å². The molecule has 0 amide bonds. The van der Waals surface area contributed by atoms with Gasteiger partial charge >= 0.3 is 5.97 Å². The Morgan fingerprint density at radius 2 is 2.00 bits per heavy atom. The average molecular weight is 300 g/mol. The number of nitrogens with zero attached hydrogens (tertiary/aromatic N) is 1. The number of benzene rings is 1. The van der Waals surface area contributed by atoms with E-state index in [1.807, 2.05) is 6.92 Å². The number of rotatable bonds is 7. The van der Waals surface area contributed by atoms with Crippen LogP contribution in [0.25, 0.3) is 0 Å². The zero-order valence-corrected chi connectivity index (χ0v) is 12.6. The number of carboxylic acids is 1. The van der Waals surface area contributed by atoms with Crippen molar-refractivity contribution in [3.63, 3.8) is 0 Å². The van der Waals surface area contributed by atoms with Crippen LogP contribution in [0.5, 0.6) is 0 Å². The van der Waals surface area contributed by atoms with E-state index in [1.54, 1.807) is 25.2 Å². The largest absolute Gasteiger partial charge is 0.480 e. The van der Waals surface area contributed by atoms with Gasteiger partial charge in [0.1, 0.15) is 10.9 Å². The van der Waals surface area contributed by atoms with Crippen LogP contribution in [0.3, 0.4) is 0 Å². The molecule has 1 aromatic rings. The molecule has 112 valence electrons. The maximum absolute atomic E-state index is 12.2. The van der Waals surface area contributed by atoms with E-state index >= 15 is 0 Å². The molecule has 0 bridgehead atoms. The fraction of sp³-hybridized carbons (Fsp3) is 0.462. The molecule has 0 aliphatic carbocycles. The summed E-state index contributed by atoms with van der Waals surface area (Å²) >= 11 is 0. The van der Waals surface area contributed by atoms with Crippen molar-refractivity contribution in [2.24, 2.45) is 0 Å². The van der Waals surface area contributed by atoms with Crippen molar-refractivity contribution in [1.82, 2.24) is 4.72 Å². The van der Waals surface area contributed by atoms with Crippen molar-refractivity contribution in [2.45, 2.75) is 31.2 Å². The normalized spacial score (nSPS) is 12.9. The quantitative estimate of drug-likeness (QED) is 0.792. The molecular weight excluding hydrogens is 280 g/mol. The van der Waals surface area contributed by atoms with Crippen LogP contribution >= 0.6 is 0 Å². The van der Waals surface area contributed by atoms with Crippen molar-refractivity contribution >= 4 is 21.7 Å². The highest BCUT2D eigenvalue weighted by molar-refractivity contribution is 7.89. The van der Waals surface area contributed by atoms with Crippen molar-refractivity contribution in [3.05, 3.63) is 24.3 Å². The minimum Gasteiger partial charge on any atom is -0.480 e. The fourth-order valence-corrected chi connectivity index (χ4v) is 3.04. The number of para-hydroxylation sites is 1. The lowest BCUT2D eigenvalue weighted by Crippen LogP contribution is -2.37. The van der Waals surface area contributed by atoms with Gasteiger partial charge in [0.2, 0.25) is 10.0 Å². The number of hydrogen-bond donors (Lipinski definition) is 2. The van der Waals surface area contributed by atoms with Crippen LogP contribution in [-0.4, -0.2) is 39.1 Å². The maximum Gasteiger partial charge on any atom is 0.326 e. The first-order valence-corrected chi connectivity index (χ1v) is 7.84. The molecule has 2 N–H and O–H groups in total. The zero-order chi connectivity index (χ0) is 15.3. The summed E-state index contributed by atoms with van der Waals surface area (Å²) in [5, 5.41) is 9.04. The molecule has 0 radical (unpaired) electrons. The van der Waals surface area contributed by atoms with Crippen LogP contribution in [0, 0.1) is 0 Å². The molecular formula is C13H20N2O4S. The van der Waals surface area contributed by atoms with Gasteiger partial charge in [-0.25, -0.2) is 17.9 Å². The number of aliphatic carboxylic acids is 1. The number of hydrogen-bond acceptors (Lipinski definition) is 4. The summed E-state index contributed by atoms with van der Waals surface area (Å²) in [5.41, 5.74) is 0.367. The minimum atomic E-state index is -3.64. The van der Waals surface area contributed by atoms with Crippen molar-refractivity contribution in [1.29, 1.82) is 0 Å². The second kappa shape index (κ2) is 6.71. The smallest absolute Gasteiger partial charge is 0.326 e. The average Bonchev–Trinajstić information content (AvgIpc) is 2.43. The van der Waals surface area contributed by atoms with Crippen LogP contribution in [0.1, 0.15) is 20.3 Å². The van der Waals surface area contributed by atoms with Gasteiger partial charge in [-0.05, 0) is 25.5 Å². The van der Waals surface area contributed by atoms with Crippen LogP contribution < -0.4 is 9.62 Å². The molecule has 0 aliphatic rings. The molecule has 1 unspecified atom stereocenters. The molecule has 6 nitrogen and oxygen atoms in total. The van der Waals surface area contributed by atoms with Crippen LogP contribution in [0.4, 0.5) is 5.69 Å². The topological polar surface area (TPSA) is 86.7 Å². The summed E-state index contributed by atoms with van der Waals surface area (Å²) in [4.78, 5) is 12.6. The van der Waals surface area contributed by atoms with Gasteiger partial charge in [-0.3, -0.25) is 0 Å². The predicted molar refractivity (Wildman–Crippen MR) is 77.4 cm³/mol. The number of anilines is 1. The van der Waals surface area contributed by atoms with E-state index < -0.39 is 22.0 Å². The molecule has 7 heteroatoms. The second-order valence-electron chi connectivity index (χ2n) is 4.49. The van der Waals surface area contributed by atoms with Gasteiger partial charge in [0.05, 0.1) is 5.69 Å². The van der Waals surface area contributed by atoms with Gasteiger partial charge in [0, 0.05) is 13.6 Å². The fourth-order valence-electron chi connectivity index (χ4n) is 1.66. The predicted octanol–water partition coefficient (Wildman–Crippen LogP) is 1.28. The summed E-state index contributed by atoms with van der Waals surface area (Å²) in [5.74, 6) is -1.01. The second-order valence-corrected chi connectivity index (χ2v) is 6.23. The Morgan fingerprint density at radius 3 is 2.55 bits per heavy atom. The lowest BCUT2D eigenvalue weighted by molar-refractivity contribution is -0.138. The number of carboxylic acid groups (broad SMARTS) is 1. The Morgan fingerprint density at radius 1 is 1.40 bits per heavy atom. The Hall–Kier alpha value is -1.60. The highest BCUT2D eigenvalue weighted by Gasteiger charge is 2.24. The summed E-state index contributed by atoms with van der Waals surface area (Å²) in [6.45, 7) is 3.72. The lowest BCUT2D eigenvalue weighted by atomic mass is 10.2. The zero-order valence-electron chi connectivity index (χ0n) is 11.8. The van der Waals surface area contributed by atoms with Gasteiger partial charge in [-0.2, -0.15) is 0 Å². The number of carbonyl (C=O) groups is 1. The number of sulfonamides is 1. The summed E-state index contributed by atoms with van der Waals surface area (Å²) < 4.78 is 26.9. The van der Waals surface area contributed by atoms with Crippen LogP contribution in [-0.2, 0) is 14.8 Å². The molecule has 0 aliphatic heterocycles. The third kappa shape index (κ3) is 3.71. The minimum absolute atomic E-state index is 0.0871. The van der Waals surface area contributed by atoms with E-state index in [1.165, 1.54) is 17.9 Å². The van der Waals surface area contributed by atoms with Gasteiger partial charge < -0.3 is 10.0 Å². The van der Waals surface area contributed by atoms with E-state index in [2.05, 4.69) is 4.72 Å². The molecule has 20 heavy (non-hydrogen) atoms. The Bertz CT molecular complexity index is 571. The molecule has 0 spiro atoms. The van der Waals surface area contributed by atoms with Crippen LogP contribution in [0.2, 0.25) is 0 Å². The number of nitrogens with one attached hydrogen (secondary N) is 1. The molecule has 0 fully saturated rings. The molecule has 0 saturated heterocycles. The first-order valence-electron chi connectivity index (χ1n) is 6.35. The summed E-state index contributed by atoms with van der Waals surface area (Å²) in [6.07, 6.45) is 0.683. The third-order valence-corrected chi connectivity index (χ3v) is 4.52. The molecule has 0 aromatic heterocycles. The van der Waals surface area contributed by atoms with Gasteiger partial charge in [-0.15, -0.1) is 0 Å². The molecule has 1 atom stereocenters. The molecule has 1 aromatic carbocycles. The lowest BCUT2D eigenvalue weighted by Gasteiger charge is -2.25. The van der Waals surface area contributed by atoms with Crippen molar-refractivity contribution < 1.29 is 18.3 Å². The molecule has 1 rings (SSSR count). The van der Waals surface area contributed by atoms with Crippen molar-refractivity contribution in [2.75, 3.05) is 18.5 Å². The van der Waals surface area contributed by atoms with E-state index in [-0.39, 0.29) is 4.90 Å². The molecule has 0 saturated carbocycles.